The summed E-state index contributed by atoms with van der Waals surface area (Å²) >= 11 is 0. The highest BCUT2D eigenvalue weighted by molar-refractivity contribution is 5.73. The molecule has 110 valence electrons. The zero-order valence-corrected chi connectivity index (χ0v) is 12.3. The van der Waals surface area contributed by atoms with Gasteiger partial charge in [0.15, 0.2) is 0 Å². The molecule has 1 atom stereocenters. The van der Waals surface area contributed by atoms with Gasteiger partial charge < -0.3 is 14.4 Å². The minimum Gasteiger partial charge on any atom is -0.462 e. The van der Waals surface area contributed by atoms with Gasteiger partial charge in [-0.15, -0.1) is 0 Å². The van der Waals surface area contributed by atoms with Crippen molar-refractivity contribution in [3.63, 3.8) is 0 Å². The number of ether oxygens (including phenoxy) is 2. The number of rotatable bonds is 5. The molecule has 0 saturated carbocycles. The van der Waals surface area contributed by atoms with E-state index in [1.165, 1.54) is 5.69 Å². The van der Waals surface area contributed by atoms with Crippen molar-refractivity contribution in [2.75, 3.05) is 31.2 Å². The molecule has 1 fully saturated rings. The highest BCUT2D eigenvalue weighted by atomic mass is 16.5. The van der Waals surface area contributed by atoms with E-state index < -0.39 is 0 Å². The molecule has 2 rings (SSSR count). The van der Waals surface area contributed by atoms with Crippen molar-refractivity contribution in [2.24, 2.45) is 0 Å². The number of esters is 1. The second-order valence-electron chi connectivity index (χ2n) is 5.15. The lowest BCUT2D eigenvalue weighted by Gasteiger charge is -2.28. The molecular formula is C16H23NO3. The molecule has 1 unspecified atom stereocenters. The second kappa shape index (κ2) is 7.29. The van der Waals surface area contributed by atoms with Crippen molar-refractivity contribution in [1.82, 2.24) is 0 Å². The molecule has 0 N–H and O–H groups in total. The standard InChI is InChI=1S/C16H23NO3/c1-3-13(2)20-16(18)12-14-4-6-15(7-5-14)17-8-10-19-11-9-17/h4-7,13H,3,8-12H2,1-2H3. The van der Waals surface area contributed by atoms with E-state index in [9.17, 15) is 4.79 Å². The highest BCUT2D eigenvalue weighted by Crippen LogP contribution is 2.17. The largest absolute Gasteiger partial charge is 0.462 e. The Hall–Kier alpha value is -1.55. The Labute approximate surface area is 120 Å². The molecule has 1 aliphatic rings. The van der Waals surface area contributed by atoms with Gasteiger partial charge in [-0.3, -0.25) is 4.79 Å². The molecule has 0 aromatic heterocycles. The summed E-state index contributed by atoms with van der Waals surface area (Å²) in [6.45, 7) is 7.34. The van der Waals surface area contributed by atoms with Crippen LogP contribution in [0.2, 0.25) is 0 Å². The molecular weight excluding hydrogens is 254 g/mol. The van der Waals surface area contributed by atoms with Crippen LogP contribution in [0.3, 0.4) is 0 Å². The smallest absolute Gasteiger partial charge is 0.310 e. The summed E-state index contributed by atoms with van der Waals surface area (Å²) < 4.78 is 10.6. The fourth-order valence-electron chi connectivity index (χ4n) is 2.16. The normalized spacial score (nSPS) is 16.8. The number of nitrogens with zero attached hydrogens (tertiary/aromatic N) is 1. The molecule has 0 aliphatic carbocycles. The average Bonchev–Trinajstić information content (AvgIpc) is 2.48. The van der Waals surface area contributed by atoms with E-state index in [4.69, 9.17) is 9.47 Å². The summed E-state index contributed by atoms with van der Waals surface area (Å²) in [5.41, 5.74) is 2.18. The van der Waals surface area contributed by atoms with Gasteiger partial charge in [0.1, 0.15) is 0 Å². The fraction of sp³-hybridized carbons (Fsp3) is 0.562. The van der Waals surface area contributed by atoms with Gasteiger partial charge >= 0.3 is 5.97 Å². The van der Waals surface area contributed by atoms with Crippen LogP contribution in [0.4, 0.5) is 5.69 Å². The highest BCUT2D eigenvalue weighted by Gasteiger charge is 2.12. The van der Waals surface area contributed by atoms with Gasteiger partial charge in [-0.25, -0.2) is 0 Å². The number of carbonyl (C=O) groups is 1. The minimum atomic E-state index is -0.154. The molecule has 0 spiro atoms. The summed E-state index contributed by atoms with van der Waals surface area (Å²) in [5, 5.41) is 0. The Kier molecular flexibility index (Phi) is 5.41. The van der Waals surface area contributed by atoms with Gasteiger partial charge in [0.05, 0.1) is 25.7 Å². The summed E-state index contributed by atoms with van der Waals surface area (Å²) in [6.07, 6.45) is 1.19. The predicted octanol–water partition coefficient (Wildman–Crippen LogP) is 2.41. The van der Waals surface area contributed by atoms with Crippen LogP contribution in [0.1, 0.15) is 25.8 Å². The molecule has 1 aliphatic heterocycles. The van der Waals surface area contributed by atoms with E-state index in [0.717, 1.165) is 38.3 Å². The second-order valence-corrected chi connectivity index (χ2v) is 5.15. The van der Waals surface area contributed by atoms with Crippen LogP contribution in [-0.4, -0.2) is 38.4 Å². The first-order chi connectivity index (χ1) is 9.69. The Bertz CT molecular complexity index is 424. The lowest BCUT2D eigenvalue weighted by Crippen LogP contribution is -2.36. The zero-order chi connectivity index (χ0) is 14.4. The molecule has 1 aromatic carbocycles. The summed E-state index contributed by atoms with van der Waals surface area (Å²) in [6, 6.07) is 8.14. The molecule has 0 radical (unpaired) electrons. The van der Waals surface area contributed by atoms with Crippen molar-refractivity contribution in [3.8, 4) is 0 Å². The Balaban J connectivity index is 1.89. The van der Waals surface area contributed by atoms with Crippen molar-refractivity contribution < 1.29 is 14.3 Å². The summed E-state index contributed by atoms with van der Waals surface area (Å²) in [5.74, 6) is -0.154. The third-order valence-corrected chi connectivity index (χ3v) is 3.57. The number of hydrogen-bond acceptors (Lipinski definition) is 4. The lowest BCUT2D eigenvalue weighted by atomic mass is 10.1. The van der Waals surface area contributed by atoms with Crippen LogP contribution in [0.25, 0.3) is 0 Å². The van der Waals surface area contributed by atoms with Crippen LogP contribution in [-0.2, 0) is 20.7 Å². The van der Waals surface area contributed by atoms with Crippen LogP contribution in [0.5, 0.6) is 0 Å². The summed E-state index contributed by atoms with van der Waals surface area (Å²) in [4.78, 5) is 14.0. The van der Waals surface area contributed by atoms with E-state index in [2.05, 4.69) is 17.0 Å². The lowest BCUT2D eigenvalue weighted by molar-refractivity contribution is -0.147. The third kappa shape index (κ3) is 4.23. The van der Waals surface area contributed by atoms with Crippen molar-refractivity contribution in [3.05, 3.63) is 29.8 Å². The number of morpholine rings is 1. The van der Waals surface area contributed by atoms with E-state index in [1.807, 2.05) is 26.0 Å². The maximum absolute atomic E-state index is 11.7. The van der Waals surface area contributed by atoms with E-state index in [-0.39, 0.29) is 12.1 Å². The minimum absolute atomic E-state index is 0.00452. The number of anilines is 1. The molecule has 0 bridgehead atoms. The van der Waals surface area contributed by atoms with Gasteiger partial charge in [-0.1, -0.05) is 19.1 Å². The molecule has 4 nitrogen and oxygen atoms in total. The maximum atomic E-state index is 11.7. The predicted molar refractivity (Wildman–Crippen MR) is 79.0 cm³/mol. The van der Waals surface area contributed by atoms with Crippen molar-refractivity contribution >= 4 is 11.7 Å². The molecule has 4 heteroatoms. The van der Waals surface area contributed by atoms with Gasteiger partial charge in [0, 0.05) is 18.8 Å². The van der Waals surface area contributed by atoms with Crippen molar-refractivity contribution in [2.45, 2.75) is 32.8 Å². The van der Waals surface area contributed by atoms with Crippen molar-refractivity contribution in [1.29, 1.82) is 0 Å². The molecule has 20 heavy (non-hydrogen) atoms. The Morgan fingerprint density at radius 1 is 1.30 bits per heavy atom. The van der Waals surface area contributed by atoms with Crippen LogP contribution >= 0.6 is 0 Å². The van der Waals surface area contributed by atoms with Crippen LogP contribution in [0.15, 0.2) is 24.3 Å². The first-order valence-electron chi connectivity index (χ1n) is 7.30. The summed E-state index contributed by atoms with van der Waals surface area (Å²) in [7, 11) is 0. The van der Waals surface area contributed by atoms with Gasteiger partial charge in [-0.2, -0.15) is 0 Å². The average molecular weight is 277 g/mol. The number of hydrogen-bond donors (Lipinski definition) is 0. The van der Waals surface area contributed by atoms with E-state index in [1.54, 1.807) is 0 Å². The number of benzene rings is 1. The molecule has 1 aromatic rings. The van der Waals surface area contributed by atoms with Crippen LogP contribution < -0.4 is 4.90 Å². The number of carbonyl (C=O) groups excluding carboxylic acids is 1. The fourth-order valence-corrected chi connectivity index (χ4v) is 2.16. The van der Waals surface area contributed by atoms with Gasteiger partial charge in [0.25, 0.3) is 0 Å². The van der Waals surface area contributed by atoms with Gasteiger partial charge in [0.2, 0.25) is 0 Å². The monoisotopic (exact) mass is 277 g/mol. The Morgan fingerprint density at radius 2 is 1.95 bits per heavy atom. The SMILES string of the molecule is CCC(C)OC(=O)Cc1ccc(N2CCOCC2)cc1. The van der Waals surface area contributed by atoms with E-state index >= 15 is 0 Å². The van der Waals surface area contributed by atoms with Gasteiger partial charge in [-0.05, 0) is 31.0 Å². The topological polar surface area (TPSA) is 38.8 Å². The molecule has 0 amide bonds. The van der Waals surface area contributed by atoms with E-state index in [0.29, 0.717) is 6.42 Å². The first-order valence-corrected chi connectivity index (χ1v) is 7.30. The first kappa shape index (κ1) is 14.9. The molecule has 1 saturated heterocycles. The Morgan fingerprint density at radius 3 is 2.55 bits per heavy atom. The quantitative estimate of drug-likeness (QED) is 0.775. The molecule has 1 heterocycles. The zero-order valence-electron chi connectivity index (χ0n) is 12.3. The van der Waals surface area contributed by atoms with Crippen LogP contribution in [0, 0.1) is 0 Å². The third-order valence-electron chi connectivity index (χ3n) is 3.57. The maximum Gasteiger partial charge on any atom is 0.310 e.